The third-order valence-electron chi connectivity index (χ3n) is 1.89. The van der Waals surface area contributed by atoms with E-state index in [0.29, 0.717) is 16.9 Å². The second kappa shape index (κ2) is 5.79. The van der Waals surface area contributed by atoms with Crippen LogP contribution in [0.15, 0.2) is 18.2 Å². The van der Waals surface area contributed by atoms with Crippen molar-refractivity contribution >= 4 is 5.97 Å². The molecule has 84 valence electrons. The molecule has 0 aliphatic rings. The van der Waals surface area contributed by atoms with Gasteiger partial charge in [-0.15, -0.1) is 6.42 Å². The third-order valence-corrected chi connectivity index (χ3v) is 1.89. The fraction of sp³-hybridized carbons (Fsp3) is 0.250. The Labute approximate surface area is 94.1 Å². The molecule has 0 aliphatic heterocycles. The van der Waals surface area contributed by atoms with Crippen molar-refractivity contribution in [2.24, 2.45) is 0 Å². The van der Waals surface area contributed by atoms with E-state index >= 15 is 0 Å². The molecular weight excluding hydrogens is 208 g/mol. The monoisotopic (exact) mass is 220 g/mol. The standard InChI is InChI=1S/C12H12O4/c1-4-9-5-6-10(12(13)15-3)7-11(9)16-8-14-2/h1,5-7H,8H2,2-3H3. The lowest BCUT2D eigenvalue weighted by Crippen LogP contribution is -2.05. The Morgan fingerprint density at radius 3 is 2.75 bits per heavy atom. The lowest BCUT2D eigenvalue weighted by atomic mass is 10.1. The summed E-state index contributed by atoms with van der Waals surface area (Å²) in [7, 11) is 2.81. The summed E-state index contributed by atoms with van der Waals surface area (Å²) in [6.45, 7) is 0.0688. The summed E-state index contributed by atoms with van der Waals surface area (Å²) in [6, 6.07) is 4.73. The fourth-order valence-electron chi connectivity index (χ4n) is 1.13. The average molecular weight is 220 g/mol. The molecule has 0 aromatic heterocycles. The van der Waals surface area contributed by atoms with Crippen LogP contribution in [0.1, 0.15) is 15.9 Å². The number of hydrogen-bond donors (Lipinski definition) is 0. The van der Waals surface area contributed by atoms with Gasteiger partial charge in [-0.2, -0.15) is 0 Å². The van der Waals surface area contributed by atoms with E-state index in [1.54, 1.807) is 12.1 Å². The number of terminal acetylenes is 1. The largest absolute Gasteiger partial charge is 0.466 e. The van der Waals surface area contributed by atoms with E-state index in [1.165, 1.54) is 20.3 Å². The predicted molar refractivity (Wildman–Crippen MR) is 58.2 cm³/mol. The molecule has 1 rings (SSSR count). The summed E-state index contributed by atoms with van der Waals surface area (Å²) >= 11 is 0. The molecule has 0 heterocycles. The summed E-state index contributed by atoms with van der Waals surface area (Å²) in [6.07, 6.45) is 5.29. The molecule has 0 N–H and O–H groups in total. The molecule has 0 saturated carbocycles. The highest BCUT2D eigenvalue weighted by atomic mass is 16.7. The van der Waals surface area contributed by atoms with Gasteiger partial charge in [0.25, 0.3) is 0 Å². The minimum absolute atomic E-state index is 0.0688. The van der Waals surface area contributed by atoms with E-state index in [4.69, 9.17) is 15.9 Å². The SMILES string of the molecule is C#Cc1ccc(C(=O)OC)cc1OCOC. The lowest BCUT2D eigenvalue weighted by molar-refractivity contribution is 0.0502. The first-order chi connectivity index (χ1) is 7.72. The summed E-state index contributed by atoms with van der Waals surface area (Å²) in [5, 5.41) is 0. The quantitative estimate of drug-likeness (QED) is 0.437. The van der Waals surface area contributed by atoms with Crippen molar-refractivity contribution < 1.29 is 19.0 Å². The van der Waals surface area contributed by atoms with E-state index < -0.39 is 5.97 Å². The summed E-state index contributed by atoms with van der Waals surface area (Å²) in [4.78, 5) is 11.3. The van der Waals surface area contributed by atoms with Gasteiger partial charge in [0.2, 0.25) is 0 Å². The van der Waals surface area contributed by atoms with Gasteiger partial charge in [0.15, 0.2) is 6.79 Å². The molecule has 0 fully saturated rings. The fourth-order valence-corrected chi connectivity index (χ4v) is 1.13. The normalized spacial score (nSPS) is 9.31. The molecule has 1 aromatic carbocycles. The van der Waals surface area contributed by atoms with E-state index in [1.807, 2.05) is 0 Å². The summed E-state index contributed by atoms with van der Waals surface area (Å²) in [5.41, 5.74) is 0.942. The Morgan fingerprint density at radius 2 is 2.19 bits per heavy atom. The number of hydrogen-bond acceptors (Lipinski definition) is 4. The van der Waals surface area contributed by atoms with Crippen LogP contribution in [0.25, 0.3) is 0 Å². The first-order valence-electron chi connectivity index (χ1n) is 4.53. The lowest BCUT2D eigenvalue weighted by Gasteiger charge is -2.08. The zero-order chi connectivity index (χ0) is 12.0. The molecule has 0 bridgehead atoms. The summed E-state index contributed by atoms with van der Waals surface area (Å²) < 4.78 is 14.6. The molecule has 1 aromatic rings. The van der Waals surface area contributed by atoms with E-state index in [9.17, 15) is 4.79 Å². The van der Waals surface area contributed by atoms with E-state index in [2.05, 4.69) is 10.7 Å². The maximum atomic E-state index is 11.3. The highest BCUT2D eigenvalue weighted by Crippen LogP contribution is 2.20. The van der Waals surface area contributed by atoms with E-state index in [-0.39, 0.29) is 6.79 Å². The van der Waals surface area contributed by atoms with Crippen LogP contribution in [0, 0.1) is 12.3 Å². The van der Waals surface area contributed by atoms with Crippen molar-refractivity contribution in [1.29, 1.82) is 0 Å². The number of rotatable bonds is 4. The van der Waals surface area contributed by atoms with Crippen LogP contribution < -0.4 is 4.74 Å². The van der Waals surface area contributed by atoms with Gasteiger partial charge in [0.05, 0.1) is 18.2 Å². The van der Waals surface area contributed by atoms with Crippen molar-refractivity contribution in [3.8, 4) is 18.1 Å². The number of methoxy groups -OCH3 is 2. The van der Waals surface area contributed by atoms with Crippen molar-refractivity contribution in [3.63, 3.8) is 0 Å². The van der Waals surface area contributed by atoms with Gasteiger partial charge in [0, 0.05) is 7.11 Å². The molecule has 4 nitrogen and oxygen atoms in total. The predicted octanol–water partition coefficient (Wildman–Crippen LogP) is 1.44. The molecule has 0 atom stereocenters. The first kappa shape index (κ1) is 12.1. The van der Waals surface area contributed by atoms with Gasteiger partial charge in [-0.3, -0.25) is 0 Å². The van der Waals surface area contributed by atoms with Gasteiger partial charge < -0.3 is 14.2 Å². The Hall–Kier alpha value is -1.99. The van der Waals surface area contributed by atoms with Crippen molar-refractivity contribution in [2.75, 3.05) is 21.0 Å². The zero-order valence-corrected chi connectivity index (χ0v) is 9.15. The van der Waals surface area contributed by atoms with Crippen LogP contribution in [0.3, 0.4) is 0 Å². The van der Waals surface area contributed by atoms with Gasteiger partial charge >= 0.3 is 5.97 Å². The summed E-state index contributed by atoms with van der Waals surface area (Å²) in [5.74, 6) is 2.44. The second-order valence-electron chi connectivity index (χ2n) is 2.90. The molecular formula is C12H12O4. The molecule has 0 amide bonds. The average Bonchev–Trinajstić information content (AvgIpc) is 2.34. The Morgan fingerprint density at radius 1 is 1.44 bits per heavy atom. The molecule has 0 radical (unpaired) electrons. The van der Waals surface area contributed by atoms with Gasteiger partial charge in [-0.05, 0) is 18.2 Å². The van der Waals surface area contributed by atoms with Gasteiger partial charge in [-0.25, -0.2) is 4.79 Å². The third kappa shape index (κ3) is 2.75. The highest BCUT2D eigenvalue weighted by Gasteiger charge is 2.09. The molecule has 0 saturated heterocycles. The number of esters is 1. The van der Waals surface area contributed by atoms with Crippen LogP contribution in [0.5, 0.6) is 5.75 Å². The maximum Gasteiger partial charge on any atom is 0.337 e. The van der Waals surface area contributed by atoms with Crippen LogP contribution in [-0.4, -0.2) is 27.0 Å². The van der Waals surface area contributed by atoms with Gasteiger partial charge in [0.1, 0.15) is 5.75 Å². The van der Waals surface area contributed by atoms with E-state index in [0.717, 1.165) is 0 Å². The van der Waals surface area contributed by atoms with Crippen molar-refractivity contribution in [2.45, 2.75) is 0 Å². The minimum Gasteiger partial charge on any atom is -0.466 e. The number of carbonyl (C=O) groups is 1. The Bertz CT molecular complexity index is 418. The highest BCUT2D eigenvalue weighted by molar-refractivity contribution is 5.90. The maximum absolute atomic E-state index is 11.3. The molecule has 0 spiro atoms. The van der Waals surface area contributed by atoms with Crippen LogP contribution >= 0.6 is 0 Å². The van der Waals surface area contributed by atoms with Crippen LogP contribution in [0.2, 0.25) is 0 Å². The minimum atomic E-state index is -0.439. The Balaban J connectivity index is 3.02. The Kier molecular flexibility index (Phi) is 4.37. The molecule has 16 heavy (non-hydrogen) atoms. The van der Waals surface area contributed by atoms with Crippen LogP contribution in [-0.2, 0) is 9.47 Å². The number of benzene rings is 1. The molecule has 4 heteroatoms. The molecule has 0 unspecified atom stereocenters. The number of ether oxygens (including phenoxy) is 3. The first-order valence-corrected chi connectivity index (χ1v) is 4.53. The molecule has 0 aliphatic carbocycles. The van der Waals surface area contributed by atoms with Crippen molar-refractivity contribution in [3.05, 3.63) is 29.3 Å². The van der Waals surface area contributed by atoms with Crippen LogP contribution in [0.4, 0.5) is 0 Å². The van der Waals surface area contributed by atoms with Crippen molar-refractivity contribution in [1.82, 2.24) is 0 Å². The smallest absolute Gasteiger partial charge is 0.337 e. The van der Waals surface area contributed by atoms with Gasteiger partial charge in [-0.1, -0.05) is 5.92 Å². The second-order valence-corrected chi connectivity index (χ2v) is 2.90. The number of carbonyl (C=O) groups excluding carboxylic acids is 1. The zero-order valence-electron chi connectivity index (χ0n) is 9.15. The topological polar surface area (TPSA) is 44.8 Å².